The van der Waals surface area contributed by atoms with Crippen molar-refractivity contribution < 1.29 is 9.90 Å². The molecule has 2 aromatic rings. The van der Waals surface area contributed by atoms with Gasteiger partial charge in [-0.25, -0.2) is 4.98 Å². The summed E-state index contributed by atoms with van der Waals surface area (Å²) < 4.78 is 0. The van der Waals surface area contributed by atoms with Crippen LogP contribution in [0.4, 0.5) is 5.13 Å². The van der Waals surface area contributed by atoms with Gasteiger partial charge in [0.25, 0.3) is 0 Å². The number of fused-ring (bicyclic) bond motifs is 1. The predicted octanol–water partition coefficient (Wildman–Crippen LogP) is 3.55. The van der Waals surface area contributed by atoms with E-state index < -0.39 is 11.9 Å². The molecule has 106 valence electrons. The minimum Gasteiger partial charge on any atom is -0.481 e. The highest BCUT2D eigenvalue weighted by Gasteiger charge is 2.32. The van der Waals surface area contributed by atoms with Gasteiger partial charge in [0.1, 0.15) is 5.92 Å². The molecule has 0 amide bonds. The number of carboxylic acids is 1. The Labute approximate surface area is 125 Å². The average molecular weight is 308 g/mol. The predicted molar refractivity (Wildman–Crippen MR) is 81.9 cm³/mol. The van der Waals surface area contributed by atoms with Crippen LogP contribution in [0.15, 0.2) is 6.07 Å². The zero-order chi connectivity index (χ0) is 14.3. The smallest absolute Gasteiger partial charge is 0.312 e. The van der Waals surface area contributed by atoms with Crippen molar-refractivity contribution in [3.63, 3.8) is 0 Å². The third kappa shape index (κ3) is 2.45. The number of hydrogen-bond donors (Lipinski definition) is 2. The van der Waals surface area contributed by atoms with Crippen LogP contribution in [-0.2, 0) is 17.8 Å². The van der Waals surface area contributed by atoms with Gasteiger partial charge in [0, 0.05) is 14.6 Å². The van der Waals surface area contributed by atoms with E-state index >= 15 is 0 Å². The zero-order valence-electron chi connectivity index (χ0n) is 11.4. The number of aryl methyl sites for hydroxylation is 3. The van der Waals surface area contributed by atoms with Crippen LogP contribution < -0.4 is 5.32 Å². The SMILES string of the molecule is Cc1cc(CNc2nc3c(s2)CCC3C(=O)O)sc1C. The molecule has 0 aromatic carbocycles. The number of rotatable bonds is 4. The van der Waals surface area contributed by atoms with Crippen LogP contribution in [0.5, 0.6) is 0 Å². The van der Waals surface area contributed by atoms with E-state index in [1.165, 1.54) is 15.3 Å². The van der Waals surface area contributed by atoms with E-state index in [1.807, 2.05) is 0 Å². The molecule has 0 radical (unpaired) electrons. The van der Waals surface area contributed by atoms with Crippen LogP contribution in [0.1, 0.15) is 38.2 Å². The molecule has 2 aromatic heterocycles. The van der Waals surface area contributed by atoms with Crippen molar-refractivity contribution in [1.82, 2.24) is 4.98 Å². The number of carboxylic acid groups (broad SMARTS) is 1. The summed E-state index contributed by atoms with van der Waals surface area (Å²) in [5.74, 6) is -1.17. The van der Waals surface area contributed by atoms with Gasteiger partial charge in [0.05, 0.1) is 12.2 Å². The molecule has 6 heteroatoms. The van der Waals surface area contributed by atoms with Crippen LogP contribution in [0, 0.1) is 13.8 Å². The Balaban J connectivity index is 1.70. The third-order valence-corrected chi connectivity index (χ3v) is 5.89. The molecule has 4 nitrogen and oxygen atoms in total. The second-order valence-corrected chi connectivity index (χ2v) is 7.49. The van der Waals surface area contributed by atoms with E-state index in [-0.39, 0.29) is 0 Å². The highest BCUT2D eigenvalue weighted by molar-refractivity contribution is 7.15. The fraction of sp³-hybridized carbons (Fsp3) is 0.429. The number of anilines is 1. The number of carbonyl (C=O) groups is 1. The average Bonchev–Trinajstić information content (AvgIpc) is 3.01. The zero-order valence-corrected chi connectivity index (χ0v) is 13.0. The summed E-state index contributed by atoms with van der Waals surface area (Å²) in [7, 11) is 0. The van der Waals surface area contributed by atoms with Crippen LogP contribution in [0.3, 0.4) is 0 Å². The summed E-state index contributed by atoms with van der Waals surface area (Å²) in [5.41, 5.74) is 2.09. The molecule has 20 heavy (non-hydrogen) atoms. The van der Waals surface area contributed by atoms with Gasteiger partial charge >= 0.3 is 5.97 Å². The summed E-state index contributed by atoms with van der Waals surface area (Å²) in [6.07, 6.45) is 1.52. The number of thiazole rings is 1. The van der Waals surface area contributed by atoms with Crippen LogP contribution >= 0.6 is 22.7 Å². The lowest BCUT2D eigenvalue weighted by Crippen LogP contribution is -2.08. The van der Waals surface area contributed by atoms with Gasteiger partial charge in [0.15, 0.2) is 5.13 Å². The van der Waals surface area contributed by atoms with Crippen molar-refractivity contribution in [3.8, 4) is 0 Å². The molecule has 0 saturated carbocycles. The van der Waals surface area contributed by atoms with E-state index in [1.54, 1.807) is 22.7 Å². The first-order chi connectivity index (χ1) is 9.54. The largest absolute Gasteiger partial charge is 0.481 e. The minimum atomic E-state index is -0.759. The monoisotopic (exact) mass is 308 g/mol. The lowest BCUT2D eigenvalue weighted by molar-refractivity contribution is -0.138. The molecule has 0 spiro atoms. The molecule has 1 aliphatic rings. The minimum absolute atomic E-state index is 0.414. The first kappa shape index (κ1) is 13.6. The maximum absolute atomic E-state index is 11.1. The Kier molecular flexibility index (Phi) is 3.52. The van der Waals surface area contributed by atoms with Gasteiger partial charge in [-0.2, -0.15) is 0 Å². The van der Waals surface area contributed by atoms with E-state index in [2.05, 4.69) is 30.2 Å². The van der Waals surface area contributed by atoms with Crippen molar-refractivity contribution in [2.24, 2.45) is 0 Å². The number of aromatic nitrogens is 1. The highest BCUT2D eigenvalue weighted by atomic mass is 32.1. The molecule has 0 saturated heterocycles. The molecule has 2 heterocycles. The Morgan fingerprint density at radius 3 is 2.95 bits per heavy atom. The Bertz CT molecular complexity index is 641. The lowest BCUT2D eigenvalue weighted by Gasteiger charge is -2.02. The number of thiophene rings is 1. The second kappa shape index (κ2) is 5.18. The molecule has 1 aliphatic carbocycles. The number of nitrogens with one attached hydrogen (secondary N) is 1. The molecule has 0 bridgehead atoms. The van der Waals surface area contributed by atoms with Crippen molar-refractivity contribution in [2.45, 2.75) is 39.2 Å². The molecule has 2 N–H and O–H groups in total. The van der Waals surface area contributed by atoms with Crippen LogP contribution in [0.2, 0.25) is 0 Å². The number of aliphatic carboxylic acids is 1. The maximum atomic E-state index is 11.1. The normalized spacial score (nSPS) is 17.2. The van der Waals surface area contributed by atoms with E-state index in [4.69, 9.17) is 5.11 Å². The topological polar surface area (TPSA) is 62.2 Å². The van der Waals surface area contributed by atoms with Crippen molar-refractivity contribution in [3.05, 3.63) is 32.0 Å². The summed E-state index contributed by atoms with van der Waals surface area (Å²) in [6.45, 7) is 4.99. The standard InChI is InChI=1S/C14H16N2O2S2/c1-7-5-9(19-8(7)2)6-15-14-16-12-10(13(17)18)3-4-11(12)20-14/h5,10H,3-4,6H2,1-2H3,(H,15,16)(H,17,18). The van der Waals surface area contributed by atoms with Crippen molar-refractivity contribution in [1.29, 1.82) is 0 Å². The Morgan fingerprint density at radius 2 is 2.30 bits per heavy atom. The van der Waals surface area contributed by atoms with E-state index in [0.29, 0.717) is 6.42 Å². The Hall–Kier alpha value is -1.40. The lowest BCUT2D eigenvalue weighted by atomic mass is 10.1. The van der Waals surface area contributed by atoms with Crippen LogP contribution in [-0.4, -0.2) is 16.1 Å². The molecule has 0 fully saturated rings. The number of hydrogen-bond acceptors (Lipinski definition) is 5. The van der Waals surface area contributed by atoms with E-state index in [0.717, 1.165) is 28.7 Å². The first-order valence-electron chi connectivity index (χ1n) is 6.57. The van der Waals surface area contributed by atoms with Crippen molar-refractivity contribution in [2.75, 3.05) is 5.32 Å². The van der Waals surface area contributed by atoms with Gasteiger partial charge in [-0.05, 0) is 38.3 Å². The quantitative estimate of drug-likeness (QED) is 0.906. The van der Waals surface area contributed by atoms with E-state index in [9.17, 15) is 4.79 Å². The maximum Gasteiger partial charge on any atom is 0.312 e. The fourth-order valence-corrected chi connectivity index (χ4v) is 4.47. The molecule has 0 aliphatic heterocycles. The molecule has 1 atom stereocenters. The van der Waals surface area contributed by atoms with Gasteiger partial charge in [-0.1, -0.05) is 0 Å². The van der Waals surface area contributed by atoms with Gasteiger partial charge in [-0.15, -0.1) is 22.7 Å². The van der Waals surface area contributed by atoms with Gasteiger partial charge in [0.2, 0.25) is 0 Å². The summed E-state index contributed by atoms with van der Waals surface area (Å²) in [6, 6.07) is 2.19. The Morgan fingerprint density at radius 1 is 1.50 bits per heavy atom. The van der Waals surface area contributed by atoms with Gasteiger partial charge in [-0.3, -0.25) is 4.79 Å². The first-order valence-corrected chi connectivity index (χ1v) is 8.20. The number of nitrogens with zero attached hydrogens (tertiary/aromatic N) is 1. The second-order valence-electron chi connectivity index (χ2n) is 5.06. The van der Waals surface area contributed by atoms with Crippen LogP contribution in [0.25, 0.3) is 0 Å². The summed E-state index contributed by atoms with van der Waals surface area (Å²) in [4.78, 5) is 19.4. The summed E-state index contributed by atoms with van der Waals surface area (Å²) >= 11 is 3.38. The third-order valence-electron chi connectivity index (χ3n) is 3.65. The summed E-state index contributed by atoms with van der Waals surface area (Å²) in [5, 5.41) is 13.3. The highest BCUT2D eigenvalue weighted by Crippen LogP contribution is 2.38. The van der Waals surface area contributed by atoms with Crippen molar-refractivity contribution >= 4 is 33.8 Å². The molecular weight excluding hydrogens is 292 g/mol. The molecule has 1 unspecified atom stereocenters. The van der Waals surface area contributed by atoms with Gasteiger partial charge < -0.3 is 10.4 Å². The fourth-order valence-electron chi connectivity index (χ4n) is 2.44. The molecule has 3 rings (SSSR count). The molecular formula is C14H16N2O2S2.